The summed E-state index contributed by atoms with van der Waals surface area (Å²) in [5.41, 5.74) is 5.26. The summed E-state index contributed by atoms with van der Waals surface area (Å²) in [6, 6.07) is 3.66. The number of aromatic nitrogens is 1. The van der Waals surface area contributed by atoms with Gasteiger partial charge in [-0.2, -0.15) is 0 Å². The van der Waals surface area contributed by atoms with Crippen molar-refractivity contribution in [1.29, 1.82) is 0 Å². The van der Waals surface area contributed by atoms with Gasteiger partial charge in [-0.05, 0) is 49.4 Å². The number of carbonyl (C=O) groups is 1. The lowest BCUT2D eigenvalue weighted by atomic mass is 9.96. The van der Waals surface area contributed by atoms with E-state index in [4.69, 9.17) is 0 Å². The second kappa shape index (κ2) is 5.31. The minimum atomic E-state index is -0.849. The number of rotatable bonds is 4. The molecule has 108 valence electrons. The van der Waals surface area contributed by atoms with Crippen molar-refractivity contribution in [2.75, 3.05) is 0 Å². The molecule has 20 heavy (non-hydrogen) atoms. The summed E-state index contributed by atoms with van der Waals surface area (Å²) in [6.07, 6.45) is 0.846. The molecule has 0 aliphatic carbocycles. The second-order valence-electron chi connectivity index (χ2n) is 5.59. The third kappa shape index (κ3) is 2.11. The monoisotopic (exact) mass is 273 g/mol. The summed E-state index contributed by atoms with van der Waals surface area (Å²) in [5.74, 6) is -0.461. The van der Waals surface area contributed by atoms with E-state index >= 15 is 0 Å². The Kier molecular flexibility index (Phi) is 3.89. The molecule has 0 unspecified atom stereocenters. The van der Waals surface area contributed by atoms with E-state index in [1.807, 2.05) is 12.1 Å². The average Bonchev–Trinajstić information content (AvgIpc) is 2.68. The van der Waals surface area contributed by atoms with Crippen LogP contribution < -0.4 is 0 Å². The molecule has 0 saturated carbocycles. The van der Waals surface area contributed by atoms with Crippen molar-refractivity contribution in [3.05, 3.63) is 34.5 Å². The molecule has 1 heterocycles. The van der Waals surface area contributed by atoms with Crippen molar-refractivity contribution in [1.82, 2.24) is 4.57 Å². The Balaban J connectivity index is 2.96. The maximum atomic E-state index is 11.3. The first kappa shape index (κ1) is 14.6. The highest BCUT2D eigenvalue weighted by atomic mass is 16.4. The molecule has 2 aromatic rings. The molecule has 0 amide bonds. The van der Waals surface area contributed by atoms with Crippen molar-refractivity contribution in [2.24, 2.45) is 0 Å². The van der Waals surface area contributed by atoms with Crippen molar-refractivity contribution >= 4 is 16.9 Å². The lowest BCUT2D eigenvalue weighted by molar-refractivity contribution is 0.0697. The average molecular weight is 273 g/mol. The molecule has 1 aromatic heterocycles. The molecule has 0 aliphatic rings. The van der Waals surface area contributed by atoms with Crippen LogP contribution in [0.25, 0.3) is 10.9 Å². The van der Waals surface area contributed by atoms with E-state index in [2.05, 4.69) is 39.2 Å². The molecule has 1 aromatic carbocycles. The zero-order valence-electron chi connectivity index (χ0n) is 12.9. The number of aryl methyl sites for hydroxylation is 2. The van der Waals surface area contributed by atoms with E-state index in [0.29, 0.717) is 11.5 Å². The number of aromatic carboxylic acids is 1. The normalized spacial score (nSPS) is 11.5. The molecule has 0 fully saturated rings. The first-order valence-electron chi connectivity index (χ1n) is 7.31. The van der Waals surface area contributed by atoms with Gasteiger partial charge in [0, 0.05) is 17.6 Å². The van der Waals surface area contributed by atoms with Crippen molar-refractivity contribution < 1.29 is 9.90 Å². The minimum absolute atomic E-state index is 0.388. The highest BCUT2D eigenvalue weighted by molar-refractivity contribution is 5.97. The summed E-state index contributed by atoms with van der Waals surface area (Å²) in [4.78, 5) is 11.3. The van der Waals surface area contributed by atoms with Crippen LogP contribution in [0, 0.1) is 6.92 Å². The van der Waals surface area contributed by atoms with Crippen LogP contribution in [-0.4, -0.2) is 15.6 Å². The zero-order chi connectivity index (χ0) is 15.0. The van der Waals surface area contributed by atoms with Gasteiger partial charge in [0.1, 0.15) is 0 Å². The molecule has 0 bridgehead atoms. The third-order valence-electron chi connectivity index (χ3n) is 4.07. The van der Waals surface area contributed by atoms with Gasteiger partial charge in [0.15, 0.2) is 0 Å². The topological polar surface area (TPSA) is 42.2 Å². The van der Waals surface area contributed by atoms with Gasteiger partial charge >= 0.3 is 5.97 Å². The molecular weight excluding hydrogens is 250 g/mol. The van der Waals surface area contributed by atoms with E-state index < -0.39 is 5.97 Å². The van der Waals surface area contributed by atoms with E-state index in [1.54, 1.807) is 0 Å². The maximum Gasteiger partial charge on any atom is 0.335 e. The summed E-state index contributed by atoms with van der Waals surface area (Å²) < 4.78 is 2.31. The van der Waals surface area contributed by atoms with Crippen LogP contribution in [0.5, 0.6) is 0 Å². The summed E-state index contributed by atoms with van der Waals surface area (Å²) in [5, 5.41) is 10.4. The zero-order valence-corrected chi connectivity index (χ0v) is 12.9. The van der Waals surface area contributed by atoms with Crippen LogP contribution in [-0.2, 0) is 13.0 Å². The predicted octanol–water partition coefficient (Wildman–Crippen LogP) is 4.35. The Morgan fingerprint density at radius 3 is 2.40 bits per heavy atom. The first-order chi connectivity index (χ1) is 9.42. The van der Waals surface area contributed by atoms with Crippen LogP contribution in [0.2, 0.25) is 0 Å². The molecular formula is C17H23NO2. The van der Waals surface area contributed by atoms with Crippen LogP contribution >= 0.6 is 0 Å². The number of hydrogen-bond acceptors (Lipinski definition) is 1. The molecule has 0 radical (unpaired) electrons. The van der Waals surface area contributed by atoms with E-state index in [1.165, 1.54) is 16.8 Å². The van der Waals surface area contributed by atoms with Gasteiger partial charge in [-0.25, -0.2) is 4.79 Å². The number of nitrogens with zero attached hydrogens (tertiary/aromatic N) is 1. The van der Waals surface area contributed by atoms with Crippen LogP contribution in [0.1, 0.15) is 60.8 Å². The second-order valence-corrected chi connectivity index (χ2v) is 5.59. The lowest BCUT2D eigenvalue weighted by Gasteiger charge is -2.09. The highest BCUT2D eigenvalue weighted by Gasteiger charge is 2.20. The van der Waals surface area contributed by atoms with E-state index in [0.717, 1.165) is 23.9 Å². The maximum absolute atomic E-state index is 11.3. The van der Waals surface area contributed by atoms with Gasteiger partial charge < -0.3 is 9.67 Å². The van der Waals surface area contributed by atoms with Crippen LogP contribution in [0.4, 0.5) is 0 Å². The van der Waals surface area contributed by atoms with Crippen molar-refractivity contribution in [3.63, 3.8) is 0 Å². The molecule has 1 N–H and O–H groups in total. The Labute approximate surface area is 120 Å². The molecule has 0 saturated heterocycles. The Hall–Kier alpha value is -1.77. The fourth-order valence-corrected chi connectivity index (χ4v) is 3.24. The Morgan fingerprint density at radius 2 is 1.95 bits per heavy atom. The fraction of sp³-hybridized carbons (Fsp3) is 0.471. The van der Waals surface area contributed by atoms with Gasteiger partial charge in [-0.15, -0.1) is 0 Å². The van der Waals surface area contributed by atoms with Crippen LogP contribution in [0.3, 0.4) is 0 Å². The smallest absolute Gasteiger partial charge is 0.335 e. The minimum Gasteiger partial charge on any atom is -0.478 e. The molecule has 0 atom stereocenters. The first-order valence-corrected chi connectivity index (χ1v) is 7.31. The highest BCUT2D eigenvalue weighted by Crippen LogP contribution is 2.34. The summed E-state index contributed by atoms with van der Waals surface area (Å²) in [7, 11) is 0. The van der Waals surface area contributed by atoms with Crippen LogP contribution in [0.15, 0.2) is 12.1 Å². The Morgan fingerprint density at radius 1 is 1.30 bits per heavy atom. The Bertz CT molecular complexity index is 665. The SMILES string of the molecule is CCc1cc(C(=O)O)cc2c(C(C)C)c(C)n(CC)c12. The number of carboxylic acids is 1. The molecule has 3 heteroatoms. The molecule has 0 aliphatic heterocycles. The number of fused-ring (bicyclic) bond motifs is 1. The number of carboxylic acid groups (broad SMARTS) is 1. The van der Waals surface area contributed by atoms with E-state index in [9.17, 15) is 9.90 Å². The van der Waals surface area contributed by atoms with Gasteiger partial charge in [0.25, 0.3) is 0 Å². The predicted molar refractivity (Wildman–Crippen MR) is 82.8 cm³/mol. The lowest BCUT2D eigenvalue weighted by Crippen LogP contribution is -2.02. The number of hydrogen-bond donors (Lipinski definition) is 1. The van der Waals surface area contributed by atoms with Crippen molar-refractivity contribution in [2.45, 2.75) is 53.5 Å². The van der Waals surface area contributed by atoms with Gasteiger partial charge in [-0.3, -0.25) is 0 Å². The molecule has 2 rings (SSSR count). The van der Waals surface area contributed by atoms with Gasteiger partial charge in [0.2, 0.25) is 0 Å². The fourth-order valence-electron chi connectivity index (χ4n) is 3.24. The number of benzene rings is 1. The van der Waals surface area contributed by atoms with Gasteiger partial charge in [0.05, 0.1) is 11.1 Å². The quantitative estimate of drug-likeness (QED) is 0.899. The van der Waals surface area contributed by atoms with E-state index in [-0.39, 0.29) is 0 Å². The third-order valence-corrected chi connectivity index (χ3v) is 4.07. The van der Waals surface area contributed by atoms with Crippen molar-refractivity contribution in [3.8, 4) is 0 Å². The molecule has 3 nitrogen and oxygen atoms in total. The van der Waals surface area contributed by atoms with Gasteiger partial charge in [-0.1, -0.05) is 20.8 Å². The largest absolute Gasteiger partial charge is 0.478 e. The summed E-state index contributed by atoms with van der Waals surface area (Å²) in [6.45, 7) is 11.6. The molecule has 0 spiro atoms. The standard InChI is InChI=1S/C17H23NO2/c1-6-12-8-13(17(19)20)9-14-15(10(3)4)11(5)18(7-2)16(12)14/h8-10H,6-7H2,1-5H3,(H,19,20). The summed E-state index contributed by atoms with van der Waals surface area (Å²) >= 11 is 0.